The first-order chi connectivity index (χ1) is 17.8. The van der Waals surface area contributed by atoms with E-state index >= 15 is 0 Å². The zero-order chi connectivity index (χ0) is 25.7. The maximum absolute atomic E-state index is 13.4. The van der Waals surface area contributed by atoms with Crippen LogP contribution in [0.4, 0.5) is 5.69 Å². The number of amides is 3. The van der Waals surface area contributed by atoms with Crippen molar-refractivity contribution in [3.8, 4) is 0 Å². The van der Waals surface area contributed by atoms with Crippen molar-refractivity contribution in [1.82, 2.24) is 10.2 Å². The van der Waals surface area contributed by atoms with E-state index in [-0.39, 0.29) is 23.8 Å². The number of morpholine rings is 1. The molecule has 7 heteroatoms. The molecule has 0 aromatic heterocycles. The minimum Gasteiger partial charge on any atom is -0.379 e. The Morgan fingerprint density at radius 1 is 0.973 bits per heavy atom. The maximum atomic E-state index is 13.4. The van der Waals surface area contributed by atoms with E-state index in [0.29, 0.717) is 12.0 Å². The summed E-state index contributed by atoms with van der Waals surface area (Å²) < 4.78 is 5.53. The van der Waals surface area contributed by atoms with Crippen LogP contribution in [0.1, 0.15) is 53.7 Å². The first kappa shape index (κ1) is 23.8. The molecule has 37 heavy (non-hydrogen) atoms. The molecule has 1 unspecified atom stereocenters. The van der Waals surface area contributed by atoms with Crippen molar-refractivity contribution in [3.05, 3.63) is 76.9 Å². The van der Waals surface area contributed by atoms with Gasteiger partial charge in [-0.25, -0.2) is 0 Å². The number of ether oxygens (including phenoxy) is 1. The quantitative estimate of drug-likeness (QED) is 0.543. The Labute approximate surface area is 216 Å². The van der Waals surface area contributed by atoms with Gasteiger partial charge in [-0.15, -0.1) is 0 Å². The highest BCUT2D eigenvalue weighted by Gasteiger charge is 2.40. The average molecular weight is 498 g/mol. The molecule has 3 aromatic rings. The predicted octanol–water partition coefficient (Wildman–Crippen LogP) is 3.76. The zero-order valence-corrected chi connectivity index (χ0v) is 21.3. The van der Waals surface area contributed by atoms with E-state index in [2.05, 4.69) is 60.5 Å². The Morgan fingerprint density at radius 2 is 1.73 bits per heavy atom. The van der Waals surface area contributed by atoms with Gasteiger partial charge in [0.15, 0.2) is 0 Å². The molecule has 1 N–H and O–H groups in total. The van der Waals surface area contributed by atoms with Crippen LogP contribution in [0.25, 0.3) is 10.8 Å². The van der Waals surface area contributed by atoms with Gasteiger partial charge in [0.05, 0.1) is 18.9 Å². The molecule has 3 amide bonds. The van der Waals surface area contributed by atoms with Crippen LogP contribution >= 0.6 is 0 Å². The molecule has 1 atom stereocenters. The van der Waals surface area contributed by atoms with Crippen LogP contribution in [0, 0.1) is 0 Å². The monoisotopic (exact) mass is 497 g/mol. The SMILES string of the molecule is CC(C)(c1ccc(Cc2ccc3c4c(cccc24)C(=O)N3C2CCC(=O)NC2=O)cc1)N1CCOCC1. The van der Waals surface area contributed by atoms with Crippen LogP contribution in [-0.2, 0) is 26.3 Å². The Morgan fingerprint density at radius 3 is 2.46 bits per heavy atom. The van der Waals surface area contributed by atoms with Gasteiger partial charge in [0.2, 0.25) is 11.8 Å². The molecule has 7 nitrogen and oxygen atoms in total. The number of hydrogen-bond acceptors (Lipinski definition) is 5. The molecule has 0 aliphatic carbocycles. The standard InChI is InChI=1S/C30H31N3O4/c1-30(2,32-14-16-37-17-15-32)21-9-6-19(7-10-21)18-20-8-11-24-27-22(20)4-3-5-23(27)29(36)33(24)25-12-13-26(34)31-28(25)35/h3-11,25H,12-18H2,1-2H3,(H,31,34,35). The molecule has 3 aliphatic rings. The molecule has 0 saturated carbocycles. The van der Waals surface area contributed by atoms with Crippen molar-refractivity contribution >= 4 is 34.2 Å². The lowest BCUT2D eigenvalue weighted by Gasteiger charge is -2.41. The summed E-state index contributed by atoms with van der Waals surface area (Å²) in [6, 6.07) is 18.0. The summed E-state index contributed by atoms with van der Waals surface area (Å²) >= 11 is 0. The predicted molar refractivity (Wildman–Crippen MR) is 142 cm³/mol. The first-order valence-corrected chi connectivity index (χ1v) is 13.0. The van der Waals surface area contributed by atoms with E-state index in [1.165, 1.54) is 11.1 Å². The normalized spacial score (nSPS) is 20.5. The van der Waals surface area contributed by atoms with Gasteiger partial charge in [-0.2, -0.15) is 0 Å². The van der Waals surface area contributed by atoms with Crippen LogP contribution in [0.3, 0.4) is 0 Å². The highest BCUT2D eigenvalue weighted by Crippen LogP contribution is 2.41. The molecular formula is C30H31N3O4. The van der Waals surface area contributed by atoms with Crippen LogP contribution < -0.4 is 10.2 Å². The van der Waals surface area contributed by atoms with Crippen molar-refractivity contribution < 1.29 is 19.1 Å². The number of anilines is 1. The van der Waals surface area contributed by atoms with Gasteiger partial charge in [-0.3, -0.25) is 29.5 Å². The zero-order valence-electron chi connectivity index (χ0n) is 21.3. The summed E-state index contributed by atoms with van der Waals surface area (Å²) in [4.78, 5) is 41.7. The Kier molecular flexibility index (Phi) is 5.85. The minimum atomic E-state index is -0.672. The second-order valence-corrected chi connectivity index (χ2v) is 10.6. The molecule has 190 valence electrons. The average Bonchev–Trinajstić information content (AvgIpc) is 3.19. The second kappa shape index (κ2) is 9.08. The van der Waals surface area contributed by atoms with Gasteiger partial charge in [0.1, 0.15) is 6.04 Å². The van der Waals surface area contributed by atoms with Gasteiger partial charge in [-0.1, -0.05) is 42.5 Å². The van der Waals surface area contributed by atoms with Crippen molar-refractivity contribution in [1.29, 1.82) is 0 Å². The highest BCUT2D eigenvalue weighted by molar-refractivity contribution is 6.27. The molecule has 0 spiro atoms. The number of carbonyl (C=O) groups is 3. The lowest BCUT2D eigenvalue weighted by atomic mass is 9.90. The summed E-state index contributed by atoms with van der Waals surface area (Å²) in [7, 11) is 0. The molecular weight excluding hydrogens is 466 g/mol. The number of nitrogens with zero attached hydrogens (tertiary/aromatic N) is 2. The number of nitrogens with one attached hydrogen (secondary N) is 1. The first-order valence-electron chi connectivity index (χ1n) is 13.0. The highest BCUT2D eigenvalue weighted by atomic mass is 16.5. The molecule has 2 fully saturated rings. The Bertz CT molecular complexity index is 1410. The summed E-state index contributed by atoms with van der Waals surface area (Å²) in [6.45, 7) is 7.95. The topological polar surface area (TPSA) is 79.0 Å². The van der Waals surface area contributed by atoms with E-state index in [1.54, 1.807) is 4.90 Å². The number of carbonyl (C=O) groups excluding carboxylic acids is 3. The number of hydrogen-bond donors (Lipinski definition) is 1. The smallest absolute Gasteiger partial charge is 0.259 e. The van der Waals surface area contributed by atoms with E-state index in [4.69, 9.17) is 4.74 Å². The fourth-order valence-electron chi connectivity index (χ4n) is 6.01. The van der Waals surface area contributed by atoms with Gasteiger partial charge in [0.25, 0.3) is 5.91 Å². The van der Waals surface area contributed by atoms with E-state index in [0.717, 1.165) is 54.7 Å². The fourth-order valence-corrected chi connectivity index (χ4v) is 6.01. The van der Waals surface area contributed by atoms with E-state index in [9.17, 15) is 14.4 Å². The van der Waals surface area contributed by atoms with Crippen LogP contribution in [0.5, 0.6) is 0 Å². The molecule has 2 saturated heterocycles. The molecule has 3 aromatic carbocycles. The van der Waals surface area contributed by atoms with Crippen LogP contribution in [0.15, 0.2) is 54.6 Å². The largest absolute Gasteiger partial charge is 0.379 e. The fraction of sp³-hybridized carbons (Fsp3) is 0.367. The van der Waals surface area contributed by atoms with Gasteiger partial charge in [0, 0.05) is 36.0 Å². The summed E-state index contributed by atoms with van der Waals surface area (Å²) in [5.41, 5.74) is 4.92. The number of piperidine rings is 1. The van der Waals surface area contributed by atoms with Crippen molar-refractivity contribution in [3.63, 3.8) is 0 Å². The third kappa shape index (κ3) is 4.03. The lowest BCUT2D eigenvalue weighted by molar-refractivity contribution is -0.134. The molecule has 0 bridgehead atoms. The van der Waals surface area contributed by atoms with Crippen molar-refractivity contribution in [2.75, 3.05) is 31.2 Å². The summed E-state index contributed by atoms with van der Waals surface area (Å²) in [6.07, 6.45) is 1.31. The molecule has 3 heterocycles. The number of rotatable bonds is 5. The third-order valence-corrected chi connectivity index (χ3v) is 8.20. The number of benzene rings is 3. The van der Waals surface area contributed by atoms with Crippen LogP contribution in [0.2, 0.25) is 0 Å². The summed E-state index contributed by atoms with van der Waals surface area (Å²) in [5, 5.41) is 4.30. The number of imide groups is 1. The van der Waals surface area contributed by atoms with E-state index in [1.807, 2.05) is 18.2 Å². The van der Waals surface area contributed by atoms with Crippen molar-refractivity contribution in [2.24, 2.45) is 0 Å². The van der Waals surface area contributed by atoms with Crippen molar-refractivity contribution in [2.45, 2.75) is 44.7 Å². The van der Waals surface area contributed by atoms with Gasteiger partial charge < -0.3 is 4.74 Å². The maximum Gasteiger partial charge on any atom is 0.259 e. The molecule has 0 radical (unpaired) electrons. The Hall–Kier alpha value is -3.55. The van der Waals surface area contributed by atoms with Gasteiger partial charge >= 0.3 is 0 Å². The molecule has 3 aliphatic heterocycles. The second-order valence-electron chi connectivity index (χ2n) is 10.6. The van der Waals surface area contributed by atoms with E-state index < -0.39 is 11.9 Å². The van der Waals surface area contributed by atoms with Gasteiger partial charge in [-0.05, 0) is 60.9 Å². The minimum absolute atomic E-state index is 0.0653. The van der Waals surface area contributed by atoms with Crippen LogP contribution in [-0.4, -0.2) is 55.0 Å². The summed E-state index contributed by atoms with van der Waals surface area (Å²) in [5.74, 6) is -0.873. The third-order valence-electron chi connectivity index (χ3n) is 8.20. The molecule has 6 rings (SSSR count). The Balaban J connectivity index is 1.29. The lowest BCUT2D eigenvalue weighted by Crippen LogP contribution is -2.53.